The lowest BCUT2D eigenvalue weighted by Crippen LogP contribution is -2.28. The van der Waals surface area contributed by atoms with E-state index >= 15 is 0 Å². The second-order valence-electron chi connectivity index (χ2n) is 4.92. The molecule has 1 heterocycles. The van der Waals surface area contributed by atoms with Gasteiger partial charge in [0, 0.05) is 25.7 Å². The molecule has 1 saturated heterocycles. The minimum Gasteiger partial charge on any atom is -0.493 e. The molecule has 0 spiro atoms. The maximum Gasteiger partial charge on any atom is 0.392 e. The third-order valence-corrected chi connectivity index (χ3v) is 3.25. The van der Waals surface area contributed by atoms with E-state index in [2.05, 4.69) is 5.32 Å². The zero-order valence-corrected chi connectivity index (χ0v) is 11.5. The predicted octanol–water partition coefficient (Wildman–Crippen LogP) is 2.96. The van der Waals surface area contributed by atoms with E-state index < -0.39 is 25.0 Å². The van der Waals surface area contributed by atoms with Crippen LogP contribution in [0.1, 0.15) is 12.8 Å². The molecule has 1 aromatic carbocycles. The molecule has 0 atom stereocenters. The Kier molecular flexibility index (Phi) is 5.27. The van der Waals surface area contributed by atoms with E-state index in [1.165, 1.54) is 6.07 Å². The molecule has 0 aliphatic carbocycles. The molecule has 2 rings (SSSR count). The third kappa shape index (κ3) is 5.08. The molecule has 1 fully saturated rings. The van der Waals surface area contributed by atoms with Crippen molar-refractivity contribution in [2.45, 2.75) is 19.0 Å². The normalized spacial score (nSPS) is 16.7. The Morgan fingerprint density at radius 2 is 2.00 bits per heavy atom. The average molecular weight is 306 g/mol. The van der Waals surface area contributed by atoms with Crippen molar-refractivity contribution in [3.63, 3.8) is 0 Å². The summed E-state index contributed by atoms with van der Waals surface area (Å²) in [6, 6.07) is 4.21. The number of hydrogen-bond donors (Lipinski definition) is 1. The fourth-order valence-electron chi connectivity index (χ4n) is 2.21. The Bertz CT molecular complexity index is 457. The van der Waals surface area contributed by atoms with E-state index in [-0.39, 0.29) is 5.75 Å². The number of rotatable bonds is 4. The van der Waals surface area contributed by atoms with Crippen LogP contribution >= 0.6 is 0 Å². The summed E-state index contributed by atoms with van der Waals surface area (Å²) in [5.41, 5.74) is 0.460. The topological polar surface area (TPSA) is 24.5 Å². The molecule has 21 heavy (non-hydrogen) atoms. The summed E-state index contributed by atoms with van der Waals surface area (Å²) in [7, 11) is 0. The second-order valence-corrected chi connectivity index (χ2v) is 4.92. The van der Waals surface area contributed by atoms with Gasteiger partial charge in [-0.3, -0.25) is 0 Å². The van der Waals surface area contributed by atoms with Gasteiger partial charge in [-0.2, -0.15) is 13.2 Å². The molecule has 0 aromatic heterocycles. The van der Waals surface area contributed by atoms with Crippen molar-refractivity contribution in [2.75, 3.05) is 37.7 Å². The Balaban J connectivity index is 1.96. The minimum atomic E-state index is -4.27. The van der Waals surface area contributed by atoms with E-state index in [1.54, 1.807) is 6.07 Å². The van der Waals surface area contributed by atoms with Crippen LogP contribution in [0.15, 0.2) is 18.2 Å². The molecule has 0 radical (unpaired) electrons. The van der Waals surface area contributed by atoms with E-state index in [9.17, 15) is 17.6 Å². The summed E-state index contributed by atoms with van der Waals surface area (Å²) in [5.74, 6) is -0.352. The van der Waals surface area contributed by atoms with Crippen LogP contribution in [0.25, 0.3) is 0 Å². The largest absolute Gasteiger partial charge is 0.493 e. The highest BCUT2D eigenvalue weighted by molar-refractivity contribution is 5.50. The van der Waals surface area contributed by atoms with Crippen molar-refractivity contribution >= 4 is 5.69 Å². The summed E-state index contributed by atoms with van der Waals surface area (Å²) in [5, 5.41) is 3.22. The van der Waals surface area contributed by atoms with Crippen molar-refractivity contribution in [2.24, 2.45) is 0 Å². The molecular weight excluding hydrogens is 288 g/mol. The highest BCUT2D eigenvalue weighted by atomic mass is 19.4. The Morgan fingerprint density at radius 1 is 1.19 bits per heavy atom. The number of alkyl halides is 3. The van der Waals surface area contributed by atoms with Crippen molar-refractivity contribution < 1.29 is 22.3 Å². The highest BCUT2D eigenvalue weighted by Crippen LogP contribution is 2.26. The summed E-state index contributed by atoms with van der Waals surface area (Å²) < 4.78 is 55.1. The summed E-state index contributed by atoms with van der Waals surface area (Å²) in [6.07, 6.45) is -4.39. The van der Waals surface area contributed by atoms with Crippen LogP contribution in [0.2, 0.25) is 0 Å². The van der Waals surface area contributed by atoms with Gasteiger partial charge in [0.1, 0.15) is 11.6 Å². The first-order chi connectivity index (χ1) is 9.96. The van der Waals surface area contributed by atoms with Gasteiger partial charge in [-0.25, -0.2) is 4.39 Å². The van der Waals surface area contributed by atoms with Crippen molar-refractivity contribution in [1.29, 1.82) is 0 Å². The van der Waals surface area contributed by atoms with Gasteiger partial charge in [-0.05, 0) is 25.1 Å². The number of hydrogen-bond acceptors (Lipinski definition) is 3. The fraction of sp³-hybridized carbons (Fsp3) is 0.571. The SMILES string of the molecule is Fc1cc(OCCC(F)(F)F)ccc1N1CCCNCC1. The molecule has 1 N–H and O–H groups in total. The molecule has 1 aliphatic rings. The van der Waals surface area contributed by atoms with E-state index in [0.717, 1.165) is 32.1 Å². The van der Waals surface area contributed by atoms with Gasteiger partial charge in [0.2, 0.25) is 0 Å². The summed E-state index contributed by atoms with van der Waals surface area (Å²) in [6.45, 7) is 2.62. The first kappa shape index (κ1) is 15.9. The Hall–Kier alpha value is -1.50. The fourth-order valence-corrected chi connectivity index (χ4v) is 2.21. The molecule has 0 bridgehead atoms. The van der Waals surface area contributed by atoms with Crippen LogP contribution in [0.4, 0.5) is 23.2 Å². The molecule has 0 unspecified atom stereocenters. The average Bonchev–Trinajstić information content (AvgIpc) is 2.66. The molecule has 3 nitrogen and oxygen atoms in total. The summed E-state index contributed by atoms with van der Waals surface area (Å²) >= 11 is 0. The molecular formula is C14H18F4N2O. The molecule has 118 valence electrons. The van der Waals surface area contributed by atoms with Gasteiger partial charge in [0.25, 0.3) is 0 Å². The summed E-state index contributed by atoms with van der Waals surface area (Å²) in [4.78, 5) is 1.93. The van der Waals surface area contributed by atoms with Crippen LogP contribution in [-0.4, -0.2) is 39.0 Å². The predicted molar refractivity (Wildman–Crippen MR) is 72.3 cm³/mol. The van der Waals surface area contributed by atoms with E-state index in [0.29, 0.717) is 12.2 Å². The van der Waals surface area contributed by atoms with Crippen molar-refractivity contribution in [3.8, 4) is 5.75 Å². The lowest BCUT2D eigenvalue weighted by Gasteiger charge is -2.23. The number of halogens is 4. The Morgan fingerprint density at radius 3 is 2.71 bits per heavy atom. The van der Waals surface area contributed by atoms with E-state index in [1.807, 2.05) is 4.90 Å². The molecule has 1 aromatic rings. The number of nitrogens with zero attached hydrogens (tertiary/aromatic N) is 1. The van der Waals surface area contributed by atoms with Gasteiger partial charge >= 0.3 is 6.18 Å². The standard InChI is InChI=1S/C14H18F4N2O/c15-12-10-11(21-9-4-14(16,17)18)2-3-13(12)20-7-1-5-19-6-8-20/h2-3,10,19H,1,4-9H2. The van der Waals surface area contributed by atoms with Crippen LogP contribution in [0, 0.1) is 5.82 Å². The molecule has 0 amide bonds. The lowest BCUT2D eigenvalue weighted by molar-refractivity contribution is -0.139. The second kappa shape index (κ2) is 6.98. The monoisotopic (exact) mass is 306 g/mol. The molecule has 7 heteroatoms. The van der Waals surface area contributed by atoms with E-state index in [4.69, 9.17) is 4.74 Å². The minimum absolute atomic E-state index is 0.119. The van der Waals surface area contributed by atoms with Gasteiger partial charge in [-0.15, -0.1) is 0 Å². The number of nitrogens with one attached hydrogen (secondary N) is 1. The number of anilines is 1. The van der Waals surface area contributed by atoms with Gasteiger partial charge < -0.3 is 15.0 Å². The number of benzene rings is 1. The maximum absolute atomic E-state index is 14.1. The van der Waals surface area contributed by atoms with Crippen molar-refractivity contribution in [3.05, 3.63) is 24.0 Å². The molecule has 0 saturated carbocycles. The van der Waals surface area contributed by atoms with Gasteiger partial charge in [0.15, 0.2) is 0 Å². The molecule has 1 aliphatic heterocycles. The van der Waals surface area contributed by atoms with Gasteiger partial charge in [-0.1, -0.05) is 0 Å². The zero-order valence-electron chi connectivity index (χ0n) is 11.5. The first-order valence-corrected chi connectivity index (χ1v) is 6.90. The lowest BCUT2D eigenvalue weighted by atomic mass is 10.2. The van der Waals surface area contributed by atoms with Gasteiger partial charge in [0.05, 0.1) is 18.7 Å². The van der Waals surface area contributed by atoms with Crippen molar-refractivity contribution in [1.82, 2.24) is 5.32 Å². The third-order valence-electron chi connectivity index (χ3n) is 3.25. The van der Waals surface area contributed by atoms with Crippen LogP contribution < -0.4 is 15.0 Å². The van der Waals surface area contributed by atoms with Crippen LogP contribution in [0.5, 0.6) is 5.75 Å². The first-order valence-electron chi connectivity index (χ1n) is 6.90. The highest BCUT2D eigenvalue weighted by Gasteiger charge is 2.26. The van der Waals surface area contributed by atoms with Crippen LogP contribution in [-0.2, 0) is 0 Å². The Labute approximate surface area is 120 Å². The zero-order chi connectivity index (χ0) is 15.3. The maximum atomic E-state index is 14.1. The quantitative estimate of drug-likeness (QED) is 0.866. The smallest absolute Gasteiger partial charge is 0.392 e. The number of ether oxygens (including phenoxy) is 1. The van der Waals surface area contributed by atoms with Crippen LogP contribution in [0.3, 0.4) is 0 Å².